The summed E-state index contributed by atoms with van der Waals surface area (Å²) in [6.07, 6.45) is -2.98. The van der Waals surface area contributed by atoms with Crippen LogP contribution in [0.25, 0.3) is 0 Å². The molecule has 1 fully saturated rings. The first-order chi connectivity index (χ1) is 16.4. The number of aliphatic carboxylic acids is 1. The summed E-state index contributed by atoms with van der Waals surface area (Å²) in [4.78, 5) is 24.5. The van der Waals surface area contributed by atoms with Crippen molar-refractivity contribution in [2.45, 2.75) is 51.7 Å². The van der Waals surface area contributed by atoms with E-state index in [9.17, 15) is 22.4 Å². The summed E-state index contributed by atoms with van der Waals surface area (Å²) < 4.78 is 54.8. The van der Waals surface area contributed by atoms with Gasteiger partial charge in [0, 0.05) is 12.0 Å². The number of nitrogens with one attached hydrogen (secondary N) is 1. The predicted molar refractivity (Wildman–Crippen MR) is 119 cm³/mol. The van der Waals surface area contributed by atoms with Gasteiger partial charge in [0.2, 0.25) is 17.7 Å². The van der Waals surface area contributed by atoms with E-state index in [0.717, 1.165) is 0 Å². The van der Waals surface area contributed by atoms with Crippen molar-refractivity contribution in [2.75, 3.05) is 12.4 Å². The monoisotopic (exact) mass is 504 g/mol. The van der Waals surface area contributed by atoms with Gasteiger partial charge in [-0.2, -0.15) is 22.5 Å². The third kappa shape index (κ3) is 11.0. The maximum Gasteiger partial charge on any atom is 0.388 e. The summed E-state index contributed by atoms with van der Waals surface area (Å²) in [6, 6.07) is 13.3. The van der Waals surface area contributed by atoms with Crippen LogP contribution in [-0.4, -0.2) is 53.3 Å². The third-order valence-corrected chi connectivity index (χ3v) is 4.64. The number of aliphatic hydroxyl groups is 1. The van der Waals surface area contributed by atoms with Crippen molar-refractivity contribution >= 4 is 17.6 Å². The third-order valence-electron chi connectivity index (χ3n) is 4.64. The van der Waals surface area contributed by atoms with Crippen LogP contribution in [0.15, 0.2) is 42.5 Å². The van der Waals surface area contributed by atoms with Crippen LogP contribution in [0.5, 0.6) is 11.8 Å². The SMILES string of the molecule is CC(C)c1ccccc1.COc1ccc(NC(=O)C2CC(O)C2)c(OC(F)F)n1.O=C(O)C(F)F. The van der Waals surface area contributed by atoms with E-state index in [1.165, 1.54) is 24.8 Å². The number of alkyl halides is 4. The molecular weight excluding hydrogens is 476 g/mol. The summed E-state index contributed by atoms with van der Waals surface area (Å²) in [5.41, 5.74) is 1.45. The number of carboxylic acids is 1. The highest BCUT2D eigenvalue weighted by atomic mass is 19.3. The van der Waals surface area contributed by atoms with Crippen molar-refractivity contribution in [3.63, 3.8) is 0 Å². The van der Waals surface area contributed by atoms with Crippen LogP contribution >= 0.6 is 0 Å². The maximum absolute atomic E-state index is 12.3. The van der Waals surface area contributed by atoms with Crippen molar-refractivity contribution in [3.05, 3.63) is 48.0 Å². The number of ether oxygens (including phenoxy) is 2. The van der Waals surface area contributed by atoms with E-state index < -0.39 is 31.0 Å². The normalized spacial score (nSPS) is 16.3. The molecule has 0 spiro atoms. The molecule has 1 aromatic heterocycles. The number of rotatable bonds is 7. The van der Waals surface area contributed by atoms with Gasteiger partial charge in [-0.25, -0.2) is 4.79 Å². The second-order valence-electron chi connectivity index (χ2n) is 7.60. The Hall–Kier alpha value is -3.41. The lowest BCUT2D eigenvalue weighted by atomic mass is 9.82. The van der Waals surface area contributed by atoms with Gasteiger partial charge in [0.1, 0.15) is 5.69 Å². The number of anilines is 1. The second kappa shape index (κ2) is 14.8. The highest BCUT2D eigenvalue weighted by Gasteiger charge is 2.33. The Bertz CT molecular complexity index is 925. The molecule has 12 heteroatoms. The molecule has 35 heavy (non-hydrogen) atoms. The Labute approximate surface area is 199 Å². The lowest BCUT2D eigenvalue weighted by Gasteiger charge is -2.30. The summed E-state index contributed by atoms with van der Waals surface area (Å²) in [7, 11) is 1.34. The molecule has 0 unspecified atom stereocenters. The van der Waals surface area contributed by atoms with Gasteiger partial charge in [-0.1, -0.05) is 44.2 Å². The number of pyridine rings is 1. The molecule has 3 rings (SSSR count). The first kappa shape index (κ1) is 29.6. The Morgan fingerprint density at radius 2 is 1.63 bits per heavy atom. The predicted octanol–water partition coefficient (Wildman–Crippen LogP) is 4.55. The number of carbonyl (C=O) groups excluding carboxylic acids is 1. The van der Waals surface area contributed by atoms with Gasteiger partial charge in [0.15, 0.2) is 0 Å². The van der Waals surface area contributed by atoms with Crippen LogP contribution in [0.4, 0.5) is 23.2 Å². The van der Waals surface area contributed by atoms with Crippen LogP contribution in [-0.2, 0) is 9.59 Å². The Kier molecular flexibility index (Phi) is 12.5. The molecule has 8 nitrogen and oxygen atoms in total. The van der Waals surface area contributed by atoms with Crippen molar-refractivity contribution in [1.82, 2.24) is 4.98 Å². The molecule has 0 saturated heterocycles. The number of nitrogens with zero attached hydrogens (tertiary/aromatic N) is 1. The molecule has 0 atom stereocenters. The number of hydrogen-bond acceptors (Lipinski definition) is 6. The number of aliphatic hydroxyl groups excluding tert-OH is 1. The van der Waals surface area contributed by atoms with E-state index in [-0.39, 0.29) is 23.4 Å². The van der Waals surface area contributed by atoms with Crippen molar-refractivity contribution < 1.29 is 46.8 Å². The fraction of sp³-hybridized carbons (Fsp3) is 0.435. The van der Waals surface area contributed by atoms with E-state index in [0.29, 0.717) is 18.8 Å². The number of aromatic nitrogens is 1. The quantitative estimate of drug-likeness (QED) is 0.474. The fourth-order valence-corrected chi connectivity index (χ4v) is 2.68. The Morgan fingerprint density at radius 1 is 1.06 bits per heavy atom. The topological polar surface area (TPSA) is 118 Å². The lowest BCUT2D eigenvalue weighted by Crippen LogP contribution is -2.37. The average molecular weight is 504 g/mol. The highest BCUT2D eigenvalue weighted by molar-refractivity contribution is 5.94. The fourth-order valence-electron chi connectivity index (χ4n) is 2.68. The molecule has 3 N–H and O–H groups in total. The van der Waals surface area contributed by atoms with Gasteiger partial charge < -0.3 is 25.0 Å². The zero-order valence-corrected chi connectivity index (χ0v) is 19.3. The van der Waals surface area contributed by atoms with E-state index in [1.54, 1.807) is 0 Å². The molecule has 1 amide bonds. The van der Waals surface area contributed by atoms with Gasteiger partial charge in [-0.15, -0.1) is 0 Å². The number of hydrogen-bond donors (Lipinski definition) is 3. The summed E-state index contributed by atoms with van der Waals surface area (Å²) >= 11 is 0. The Balaban J connectivity index is 0.000000336. The molecule has 194 valence electrons. The van der Waals surface area contributed by atoms with Crippen molar-refractivity contribution in [1.29, 1.82) is 0 Å². The maximum atomic E-state index is 12.3. The van der Waals surface area contributed by atoms with Crippen LogP contribution in [0, 0.1) is 5.92 Å². The Morgan fingerprint density at radius 3 is 2.03 bits per heavy atom. The number of methoxy groups -OCH3 is 1. The largest absolute Gasteiger partial charge is 0.481 e. The number of carbonyl (C=O) groups is 2. The molecule has 0 aliphatic heterocycles. The van der Waals surface area contributed by atoms with Gasteiger partial charge in [0.05, 0.1) is 13.2 Å². The minimum Gasteiger partial charge on any atom is -0.481 e. The zero-order valence-electron chi connectivity index (χ0n) is 19.3. The smallest absolute Gasteiger partial charge is 0.388 e. The minimum absolute atomic E-state index is 0.0393. The molecular formula is C23H28F4N2O6. The van der Waals surface area contributed by atoms with Crippen LogP contribution in [0.1, 0.15) is 38.2 Å². The second-order valence-corrected chi connectivity index (χ2v) is 7.60. The van der Waals surface area contributed by atoms with Crippen molar-refractivity contribution in [3.8, 4) is 11.8 Å². The molecule has 0 bridgehead atoms. The number of carboxylic acid groups (broad SMARTS) is 1. The van der Waals surface area contributed by atoms with Gasteiger partial charge in [-0.05, 0) is 30.4 Å². The number of benzene rings is 1. The van der Waals surface area contributed by atoms with Crippen molar-refractivity contribution in [2.24, 2.45) is 5.92 Å². The van der Waals surface area contributed by atoms with E-state index >= 15 is 0 Å². The number of amides is 1. The summed E-state index contributed by atoms with van der Waals surface area (Å²) in [6.45, 7) is 1.35. The van der Waals surface area contributed by atoms with E-state index in [1.807, 2.05) is 6.07 Å². The molecule has 1 aliphatic carbocycles. The molecule has 1 aliphatic rings. The first-order valence-electron chi connectivity index (χ1n) is 10.5. The standard InChI is InChI=1S/C12H14F2N2O4.C9H12.C2H2F2O2/c1-19-9-3-2-8(11(16-9)20-12(13)14)15-10(18)6-4-7(17)5-6;1-8(2)9-6-4-3-5-7-9;3-1(4)2(5)6/h2-3,6-7,12,17H,4-5H2,1H3,(H,15,18);3-8H,1-2H3;1H,(H,5,6). The molecule has 1 heterocycles. The minimum atomic E-state index is -3.23. The van der Waals surface area contributed by atoms with E-state index in [4.69, 9.17) is 19.7 Å². The van der Waals surface area contributed by atoms with Crippen LogP contribution < -0.4 is 14.8 Å². The summed E-state index contributed by atoms with van der Waals surface area (Å²) in [5.74, 6) is -2.42. The summed E-state index contributed by atoms with van der Waals surface area (Å²) in [5, 5.41) is 18.8. The lowest BCUT2D eigenvalue weighted by molar-refractivity contribution is -0.149. The van der Waals surface area contributed by atoms with Crippen LogP contribution in [0.2, 0.25) is 0 Å². The molecule has 1 aromatic carbocycles. The highest BCUT2D eigenvalue weighted by Crippen LogP contribution is 2.31. The van der Waals surface area contributed by atoms with Gasteiger partial charge >= 0.3 is 19.0 Å². The van der Waals surface area contributed by atoms with Gasteiger partial charge in [-0.3, -0.25) is 4.79 Å². The number of halogens is 4. The first-order valence-corrected chi connectivity index (χ1v) is 10.5. The average Bonchev–Trinajstić information content (AvgIpc) is 2.79. The molecule has 1 saturated carbocycles. The molecule has 2 aromatic rings. The molecule has 0 radical (unpaired) electrons. The van der Waals surface area contributed by atoms with Crippen LogP contribution in [0.3, 0.4) is 0 Å². The zero-order chi connectivity index (χ0) is 26.5. The van der Waals surface area contributed by atoms with Gasteiger partial charge in [0.25, 0.3) is 0 Å². The van der Waals surface area contributed by atoms with E-state index in [2.05, 4.69) is 53.2 Å².